The number of aromatic amines is 2. The Bertz CT molecular complexity index is 1300. The largest absolute Gasteiger partial charge is 0.351 e. The Morgan fingerprint density at radius 3 is 2.70 bits per heavy atom. The van der Waals surface area contributed by atoms with E-state index in [1.54, 1.807) is 4.57 Å². The highest BCUT2D eigenvalue weighted by molar-refractivity contribution is 5.85. The smallest absolute Gasteiger partial charge is 0.326 e. The second kappa shape index (κ2) is 5.70. The van der Waals surface area contributed by atoms with E-state index in [1.807, 2.05) is 62.4 Å². The Labute approximate surface area is 153 Å². The van der Waals surface area contributed by atoms with Crippen LogP contribution in [0.5, 0.6) is 0 Å². The number of benzene rings is 2. The third kappa shape index (κ3) is 2.47. The summed E-state index contributed by atoms with van der Waals surface area (Å²) in [6.07, 6.45) is 0. The van der Waals surface area contributed by atoms with Crippen LogP contribution in [0.4, 0.5) is 0 Å². The number of H-pyrrole nitrogens is 2. The Morgan fingerprint density at radius 1 is 1.04 bits per heavy atom. The van der Waals surface area contributed by atoms with Crippen molar-refractivity contribution in [2.45, 2.75) is 19.9 Å². The van der Waals surface area contributed by atoms with Crippen LogP contribution in [0.25, 0.3) is 44.9 Å². The van der Waals surface area contributed by atoms with Crippen LogP contribution in [-0.2, 0) is 0 Å². The number of aromatic nitrogens is 5. The first-order valence-corrected chi connectivity index (χ1v) is 8.76. The average molecular weight is 359 g/mol. The quantitative estimate of drug-likeness (QED) is 0.507. The molecule has 7 heteroatoms. The number of hydrogen-bond acceptors (Lipinski definition) is 4. The lowest BCUT2D eigenvalue weighted by Gasteiger charge is -2.06. The normalized spacial score (nSPS) is 11.8. The summed E-state index contributed by atoms with van der Waals surface area (Å²) in [5, 5.41) is 5.18. The lowest BCUT2D eigenvalue weighted by molar-refractivity contribution is 0.431. The van der Waals surface area contributed by atoms with Crippen molar-refractivity contribution in [3.63, 3.8) is 0 Å². The topological polar surface area (TPSA) is 92.5 Å². The molecule has 3 heterocycles. The second-order valence-electron chi connectivity index (χ2n) is 6.82. The van der Waals surface area contributed by atoms with Crippen molar-refractivity contribution >= 4 is 21.9 Å². The molecule has 0 atom stereocenters. The SMILES string of the molecule is CC(C)n1c(=O)[nH]c2cc(-c3noc(-c4cc5ccccc5[nH]4)n3)ccc21. The summed E-state index contributed by atoms with van der Waals surface area (Å²) in [4.78, 5) is 22.8. The minimum atomic E-state index is -0.121. The molecule has 0 fully saturated rings. The van der Waals surface area contributed by atoms with Gasteiger partial charge < -0.3 is 14.5 Å². The van der Waals surface area contributed by atoms with E-state index in [2.05, 4.69) is 20.1 Å². The van der Waals surface area contributed by atoms with Gasteiger partial charge >= 0.3 is 5.69 Å². The van der Waals surface area contributed by atoms with E-state index in [1.165, 1.54) is 0 Å². The first-order valence-electron chi connectivity index (χ1n) is 8.76. The Hall–Kier alpha value is -3.61. The van der Waals surface area contributed by atoms with Gasteiger partial charge in [0.15, 0.2) is 0 Å². The van der Waals surface area contributed by atoms with Gasteiger partial charge in [-0.1, -0.05) is 23.4 Å². The number of fused-ring (bicyclic) bond motifs is 2. The zero-order valence-electron chi connectivity index (χ0n) is 14.9. The zero-order chi connectivity index (χ0) is 18.5. The zero-order valence-corrected chi connectivity index (χ0v) is 14.9. The third-order valence-electron chi connectivity index (χ3n) is 4.68. The fourth-order valence-corrected chi connectivity index (χ4v) is 3.42. The molecule has 2 N–H and O–H groups in total. The highest BCUT2D eigenvalue weighted by atomic mass is 16.5. The van der Waals surface area contributed by atoms with Crippen molar-refractivity contribution in [3.8, 4) is 23.0 Å². The van der Waals surface area contributed by atoms with Crippen molar-refractivity contribution < 1.29 is 4.52 Å². The van der Waals surface area contributed by atoms with E-state index in [-0.39, 0.29) is 11.7 Å². The molecule has 3 aromatic heterocycles. The van der Waals surface area contributed by atoms with Gasteiger partial charge in [-0.05, 0) is 44.2 Å². The lowest BCUT2D eigenvalue weighted by atomic mass is 10.2. The van der Waals surface area contributed by atoms with Gasteiger partial charge in [0, 0.05) is 22.5 Å². The van der Waals surface area contributed by atoms with Gasteiger partial charge in [-0.15, -0.1) is 0 Å². The van der Waals surface area contributed by atoms with E-state index < -0.39 is 0 Å². The van der Waals surface area contributed by atoms with Gasteiger partial charge in [0.25, 0.3) is 5.89 Å². The molecule has 0 saturated heterocycles. The molecule has 0 radical (unpaired) electrons. The maximum Gasteiger partial charge on any atom is 0.326 e. The molecule has 0 aliphatic carbocycles. The molecule has 0 bridgehead atoms. The Morgan fingerprint density at radius 2 is 1.89 bits per heavy atom. The Balaban J connectivity index is 1.56. The van der Waals surface area contributed by atoms with E-state index in [9.17, 15) is 4.79 Å². The van der Waals surface area contributed by atoms with Crippen LogP contribution < -0.4 is 5.69 Å². The summed E-state index contributed by atoms with van der Waals surface area (Å²) in [5.41, 5.74) is 4.06. The van der Waals surface area contributed by atoms with E-state index in [0.717, 1.165) is 33.2 Å². The van der Waals surface area contributed by atoms with Crippen LogP contribution in [0.2, 0.25) is 0 Å². The predicted octanol–water partition coefficient (Wildman–Crippen LogP) is 4.11. The van der Waals surface area contributed by atoms with E-state index in [0.29, 0.717) is 11.7 Å². The van der Waals surface area contributed by atoms with Crippen molar-refractivity contribution in [2.24, 2.45) is 0 Å². The van der Waals surface area contributed by atoms with Crippen LogP contribution in [0.1, 0.15) is 19.9 Å². The van der Waals surface area contributed by atoms with Crippen molar-refractivity contribution in [1.82, 2.24) is 24.7 Å². The van der Waals surface area contributed by atoms with E-state index >= 15 is 0 Å². The summed E-state index contributed by atoms with van der Waals surface area (Å²) in [6, 6.07) is 15.7. The highest BCUT2D eigenvalue weighted by Crippen LogP contribution is 2.26. The lowest BCUT2D eigenvalue weighted by Crippen LogP contribution is -2.18. The van der Waals surface area contributed by atoms with Crippen LogP contribution in [0.3, 0.4) is 0 Å². The van der Waals surface area contributed by atoms with Gasteiger partial charge in [-0.2, -0.15) is 4.98 Å². The third-order valence-corrected chi connectivity index (χ3v) is 4.68. The first-order chi connectivity index (χ1) is 13.1. The molecule has 27 heavy (non-hydrogen) atoms. The number of imidazole rings is 1. The molecule has 7 nitrogen and oxygen atoms in total. The summed E-state index contributed by atoms with van der Waals surface area (Å²) >= 11 is 0. The van der Waals surface area contributed by atoms with Crippen molar-refractivity contribution in [1.29, 1.82) is 0 Å². The predicted molar refractivity (Wildman–Crippen MR) is 104 cm³/mol. The summed E-state index contributed by atoms with van der Waals surface area (Å²) in [6.45, 7) is 3.96. The molecule has 5 rings (SSSR count). The molecular weight excluding hydrogens is 342 g/mol. The first kappa shape index (κ1) is 15.6. The molecule has 134 valence electrons. The van der Waals surface area contributed by atoms with Crippen LogP contribution >= 0.6 is 0 Å². The molecule has 0 spiro atoms. The van der Waals surface area contributed by atoms with Gasteiger partial charge in [-0.3, -0.25) is 4.57 Å². The molecule has 0 aliphatic heterocycles. The molecular formula is C20H17N5O2. The number of nitrogens with zero attached hydrogens (tertiary/aromatic N) is 3. The summed E-state index contributed by atoms with van der Waals surface area (Å²) < 4.78 is 7.17. The minimum absolute atomic E-state index is 0.0795. The number of nitrogens with one attached hydrogen (secondary N) is 2. The maximum atomic E-state index is 12.2. The van der Waals surface area contributed by atoms with Crippen molar-refractivity contribution in [2.75, 3.05) is 0 Å². The number of rotatable bonds is 3. The summed E-state index contributed by atoms with van der Waals surface area (Å²) in [7, 11) is 0. The van der Waals surface area contributed by atoms with E-state index in [4.69, 9.17) is 4.52 Å². The molecule has 0 amide bonds. The fourth-order valence-electron chi connectivity index (χ4n) is 3.42. The summed E-state index contributed by atoms with van der Waals surface area (Å²) in [5.74, 6) is 0.901. The highest BCUT2D eigenvalue weighted by Gasteiger charge is 2.15. The number of para-hydroxylation sites is 1. The minimum Gasteiger partial charge on any atom is -0.351 e. The van der Waals surface area contributed by atoms with Gasteiger partial charge in [0.2, 0.25) is 5.82 Å². The van der Waals surface area contributed by atoms with Crippen LogP contribution in [0, 0.1) is 0 Å². The monoisotopic (exact) mass is 359 g/mol. The molecule has 0 aliphatic rings. The van der Waals surface area contributed by atoms with Gasteiger partial charge in [-0.25, -0.2) is 4.79 Å². The van der Waals surface area contributed by atoms with Gasteiger partial charge in [0.05, 0.1) is 11.0 Å². The molecule has 2 aromatic carbocycles. The molecule has 0 saturated carbocycles. The van der Waals surface area contributed by atoms with Crippen molar-refractivity contribution in [3.05, 3.63) is 59.0 Å². The van der Waals surface area contributed by atoms with Crippen LogP contribution in [-0.4, -0.2) is 24.7 Å². The fraction of sp³-hybridized carbons (Fsp3) is 0.150. The molecule has 5 aromatic rings. The second-order valence-corrected chi connectivity index (χ2v) is 6.82. The van der Waals surface area contributed by atoms with Crippen LogP contribution in [0.15, 0.2) is 57.8 Å². The van der Waals surface area contributed by atoms with Gasteiger partial charge in [0.1, 0.15) is 5.69 Å². The molecule has 0 unspecified atom stereocenters. The standard InChI is InChI=1S/C20H17N5O2/c1-11(2)25-17-8-7-13(10-15(17)22-20(25)26)18-23-19(27-24-18)16-9-12-5-3-4-6-14(12)21-16/h3-11,21H,1-2H3,(H,22,26). The Kier molecular flexibility index (Phi) is 3.30. The number of hydrogen-bond donors (Lipinski definition) is 2. The average Bonchev–Trinajstić information content (AvgIpc) is 3.36. The maximum absolute atomic E-state index is 12.2.